The first-order valence-corrected chi connectivity index (χ1v) is 4.80. The summed E-state index contributed by atoms with van der Waals surface area (Å²) in [5, 5.41) is 18.3. The quantitative estimate of drug-likeness (QED) is 0.560. The third kappa shape index (κ3) is 2.23. The first kappa shape index (κ1) is 11.4. The van der Waals surface area contributed by atoms with Gasteiger partial charge >= 0.3 is 5.97 Å². The number of aliphatic hydroxyl groups is 1. The normalized spacial score (nSPS) is 32.9. The maximum absolute atomic E-state index is 10.7. The van der Waals surface area contributed by atoms with Crippen molar-refractivity contribution in [3.05, 3.63) is 0 Å². The summed E-state index contributed by atoms with van der Waals surface area (Å²) in [6, 6.07) is 0.223. The van der Waals surface area contributed by atoms with Crippen LogP contribution in [0.15, 0.2) is 0 Å². The minimum Gasteiger partial charge on any atom is -0.479 e. The van der Waals surface area contributed by atoms with Gasteiger partial charge in [-0.2, -0.15) is 0 Å². The van der Waals surface area contributed by atoms with E-state index < -0.39 is 11.6 Å². The molecule has 3 atom stereocenters. The summed E-state index contributed by atoms with van der Waals surface area (Å²) >= 11 is 0. The van der Waals surface area contributed by atoms with Crippen LogP contribution in [0.2, 0.25) is 0 Å². The molecule has 0 amide bonds. The molecule has 1 aliphatic heterocycles. The highest BCUT2D eigenvalue weighted by molar-refractivity contribution is 5.76. The lowest BCUT2D eigenvalue weighted by molar-refractivity contribution is -0.158. The Balaban J connectivity index is 2.57. The lowest BCUT2D eigenvalue weighted by atomic mass is 10.1. The summed E-state index contributed by atoms with van der Waals surface area (Å²) in [7, 11) is 0. The molecule has 1 rings (SSSR count). The first-order valence-electron chi connectivity index (χ1n) is 4.80. The highest BCUT2D eigenvalue weighted by Crippen LogP contribution is 2.18. The molecule has 3 unspecified atom stereocenters. The van der Waals surface area contributed by atoms with Crippen LogP contribution in [-0.2, 0) is 4.79 Å². The number of aliphatic carboxylic acids is 1. The molecule has 0 aromatic heterocycles. The van der Waals surface area contributed by atoms with E-state index in [0.29, 0.717) is 0 Å². The lowest BCUT2D eigenvalue weighted by Gasteiger charge is -2.29. The van der Waals surface area contributed by atoms with E-state index in [1.807, 2.05) is 11.8 Å². The minimum absolute atomic E-state index is 0.0830. The highest BCUT2D eigenvalue weighted by atomic mass is 16.4. The van der Waals surface area contributed by atoms with Crippen LogP contribution in [0.3, 0.4) is 0 Å². The van der Waals surface area contributed by atoms with Crippen molar-refractivity contribution in [2.45, 2.75) is 38.0 Å². The van der Waals surface area contributed by atoms with Gasteiger partial charge in [0.05, 0.1) is 0 Å². The Morgan fingerprint density at radius 3 is 2.64 bits per heavy atom. The second-order valence-electron chi connectivity index (χ2n) is 4.24. The predicted molar refractivity (Wildman–Crippen MR) is 51.9 cm³/mol. The van der Waals surface area contributed by atoms with Crippen LogP contribution < -0.4 is 5.73 Å². The number of nitrogens with zero attached hydrogens (tertiary/aromatic N) is 1. The topological polar surface area (TPSA) is 86.8 Å². The molecule has 5 heteroatoms. The van der Waals surface area contributed by atoms with Crippen molar-refractivity contribution in [3.63, 3.8) is 0 Å². The van der Waals surface area contributed by atoms with Crippen LogP contribution in [0, 0.1) is 0 Å². The van der Waals surface area contributed by atoms with E-state index in [2.05, 4.69) is 0 Å². The molecule has 0 radical (unpaired) electrons. The molecule has 1 aliphatic rings. The summed E-state index contributed by atoms with van der Waals surface area (Å²) in [5.41, 5.74) is 4.11. The fourth-order valence-electron chi connectivity index (χ4n) is 1.72. The molecule has 4 N–H and O–H groups in total. The minimum atomic E-state index is -1.68. The predicted octanol–water partition coefficient (Wildman–Crippen LogP) is -0.756. The summed E-state index contributed by atoms with van der Waals surface area (Å²) in [6.07, 6.45) is 0.858. The van der Waals surface area contributed by atoms with Gasteiger partial charge in [-0.3, -0.25) is 4.90 Å². The number of hydrogen-bond donors (Lipinski definition) is 3. The van der Waals surface area contributed by atoms with E-state index in [1.165, 1.54) is 6.92 Å². The van der Waals surface area contributed by atoms with Crippen molar-refractivity contribution in [2.24, 2.45) is 5.73 Å². The number of carboxylic acids is 1. The largest absolute Gasteiger partial charge is 0.479 e. The van der Waals surface area contributed by atoms with E-state index in [9.17, 15) is 9.90 Å². The summed E-state index contributed by atoms with van der Waals surface area (Å²) in [5.74, 6) is -1.19. The van der Waals surface area contributed by atoms with E-state index in [1.54, 1.807) is 0 Å². The zero-order chi connectivity index (χ0) is 10.9. The molecule has 0 aromatic carbocycles. The molecule has 1 fully saturated rings. The maximum atomic E-state index is 10.7. The number of β-amino-alcohol motifs (C(OH)–C–C–N with tert-alkyl or cyclic N) is 1. The number of carboxylic acid groups (broad SMARTS) is 1. The SMILES string of the molecule is CC1C(N)CCN1CC(C)(O)C(=O)O. The Morgan fingerprint density at radius 1 is 1.71 bits per heavy atom. The first-order chi connectivity index (χ1) is 6.34. The van der Waals surface area contributed by atoms with Crippen LogP contribution in [0.1, 0.15) is 20.3 Å². The van der Waals surface area contributed by atoms with E-state index in [0.717, 1.165) is 13.0 Å². The fraction of sp³-hybridized carbons (Fsp3) is 0.889. The Hall–Kier alpha value is -0.650. The van der Waals surface area contributed by atoms with Gasteiger partial charge in [0.25, 0.3) is 0 Å². The molecule has 0 spiro atoms. The van der Waals surface area contributed by atoms with E-state index >= 15 is 0 Å². The number of nitrogens with two attached hydrogens (primary N) is 1. The number of rotatable bonds is 3. The monoisotopic (exact) mass is 202 g/mol. The summed E-state index contributed by atoms with van der Waals surface area (Å²) < 4.78 is 0. The van der Waals surface area contributed by atoms with Crippen LogP contribution in [0.4, 0.5) is 0 Å². The van der Waals surface area contributed by atoms with Crippen molar-refractivity contribution in [2.75, 3.05) is 13.1 Å². The second kappa shape index (κ2) is 3.84. The zero-order valence-corrected chi connectivity index (χ0v) is 8.60. The molecule has 14 heavy (non-hydrogen) atoms. The molecule has 82 valence electrons. The van der Waals surface area contributed by atoms with E-state index in [-0.39, 0.29) is 18.6 Å². The molecular weight excluding hydrogens is 184 g/mol. The average molecular weight is 202 g/mol. The Bertz CT molecular complexity index is 230. The van der Waals surface area contributed by atoms with Gasteiger partial charge in [0.1, 0.15) is 0 Å². The van der Waals surface area contributed by atoms with Crippen LogP contribution in [-0.4, -0.2) is 51.9 Å². The molecule has 1 heterocycles. The van der Waals surface area contributed by atoms with Gasteiger partial charge in [0.15, 0.2) is 5.60 Å². The Labute approximate surface area is 83.5 Å². The highest BCUT2D eigenvalue weighted by Gasteiger charge is 2.37. The van der Waals surface area contributed by atoms with Crippen LogP contribution >= 0.6 is 0 Å². The van der Waals surface area contributed by atoms with Gasteiger partial charge in [0.2, 0.25) is 0 Å². The standard InChI is InChI=1S/C9H18N2O3/c1-6-7(10)3-4-11(6)5-9(2,14)8(12)13/h6-7,14H,3-5,10H2,1-2H3,(H,12,13). The molecule has 0 aromatic rings. The molecule has 0 aliphatic carbocycles. The Kier molecular flexibility index (Phi) is 3.14. The van der Waals surface area contributed by atoms with Crippen molar-refractivity contribution in [3.8, 4) is 0 Å². The van der Waals surface area contributed by atoms with Crippen LogP contribution in [0.25, 0.3) is 0 Å². The second-order valence-corrected chi connectivity index (χ2v) is 4.24. The van der Waals surface area contributed by atoms with Gasteiger partial charge < -0.3 is 15.9 Å². The zero-order valence-electron chi connectivity index (χ0n) is 8.60. The molecule has 0 bridgehead atoms. The number of likely N-dealkylation sites (tertiary alicyclic amines) is 1. The third-order valence-corrected chi connectivity index (χ3v) is 2.92. The molecular formula is C9H18N2O3. The summed E-state index contributed by atoms with van der Waals surface area (Å²) in [4.78, 5) is 12.6. The van der Waals surface area contributed by atoms with Crippen molar-refractivity contribution >= 4 is 5.97 Å². The van der Waals surface area contributed by atoms with Gasteiger partial charge in [-0.15, -0.1) is 0 Å². The molecule has 5 nitrogen and oxygen atoms in total. The van der Waals surface area contributed by atoms with Gasteiger partial charge in [-0.1, -0.05) is 0 Å². The third-order valence-electron chi connectivity index (χ3n) is 2.92. The van der Waals surface area contributed by atoms with Gasteiger partial charge in [-0.05, 0) is 20.3 Å². The maximum Gasteiger partial charge on any atom is 0.336 e. The Morgan fingerprint density at radius 2 is 2.29 bits per heavy atom. The van der Waals surface area contributed by atoms with Crippen molar-refractivity contribution in [1.82, 2.24) is 4.90 Å². The van der Waals surface area contributed by atoms with E-state index in [4.69, 9.17) is 10.8 Å². The van der Waals surface area contributed by atoms with Gasteiger partial charge in [-0.25, -0.2) is 4.79 Å². The van der Waals surface area contributed by atoms with Crippen LogP contribution in [0.5, 0.6) is 0 Å². The lowest BCUT2D eigenvalue weighted by Crippen LogP contribution is -2.49. The average Bonchev–Trinajstić information content (AvgIpc) is 2.35. The smallest absolute Gasteiger partial charge is 0.336 e. The van der Waals surface area contributed by atoms with Crippen molar-refractivity contribution in [1.29, 1.82) is 0 Å². The number of carbonyl (C=O) groups is 1. The van der Waals surface area contributed by atoms with Gasteiger partial charge in [0, 0.05) is 25.2 Å². The summed E-state index contributed by atoms with van der Waals surface area (Å²) in [6.45, 7) is 4.16. The fourth-order valence-corrected chi connectivity index (χ4v) is 1.72. The molecule has 1 saturated heterocycles. The van der Waals surface area contributed by atoms with Crippen molar-refractivity contribution < 1.29 is 15.0 Å². The molecule has 0 saturated carbocycles. The number of hydrogen-bond acceptors (Lipinski definition) is 4.